The Hall–Kier alpha value is -3.28. The van der Waals surface area contributed by atoms with E-state index in [1.54, 1.807) is 14.2 Å². The van der Waals surface area contributed by atoms with E-state index in [0.717, 1.165) is 47.4 Å². The van der Waals surface area contributed by atoms with Crippen molar-refractivity contribution in [1.82, 2.24) is 9.97 Å². The standard InChI is InChI=1S/C21H24N4O2/c1-15-23-20(22-13-12-16-6-4-5-7-19(16)27-3)14-21(24-15)25-17-8-10-18(26-2)11-9-17/h4-11,14H,12-13H2,1-3H3,(H2,22,23,24,25). The first-order valence-electron chi connectivity index (χ1n) is 8.80. The lowest BCUT2D eigenvalue weighted by Crippen LogP contribution is -2.09. The highest BCUT2D eigenvalue weighted by molar-refractivity contribution is 5.60. The molecule has 0 aliphatic heterocycles. The van der Waals surface area contributed by atoms with Crippen LogP contribution in [0.4, 0.5) is 17.3 Å². The lowest BCUT2D eigenvalue weighted by atomic mass is 10.1. The predicted molar refractivity (Wildman–Crippen MR) is 108 cm³/mol. The van der Waals surface area contributed by atoms with Gasteiger partial charge >= 0.3 is 0 Å². The molecule has 0 saturated heterocycles. The zero-order valence-electron chi connectivity index (χ0n) is 15.8. The molecule has 0 aliphatic carbocycles. The van der Waals surface area contributed by atoms with Crippen LogP contribution in [0.2, 0.25) is 0 Å². The number of nitrogens with zero attached hydrogens (tertiary/aromatic N) is 2. The van der Waals surface area contributed by atoms with Crippen molar-refractivity contribution in [2.45, 2.75) is 13.3 Å². The summed E-state index contributed by atoms with van der Waals surface area (Å²) in [6, 6.07) is 17.6. The van der Waals surface area contributed by atoms with Crippen LogP contribution in [0.3, 0.4) is 0 Å². The molecule has 0 unspecified atom stereocenters. The molecule has 27 heavy (non-hydrogen) atoms. The summed E-state index contributed by atoms with van der Waals surface area (Å²) in [5.41, 5.74) is 2.10. The Labute approximate surface area is 159 Å². The summed E-state index contributed by atoms with van der Waals surface area (Å²) >= 11 is 0. The molecule has 6 nitrogen and oxygen atoms in total. The molecule has 1 heterocycles. The van der Waals surface area contributed by atoms with Gasteiger partial charge in [0.25, 0.3) is 0 Å². The van der Waals surface area contributed by atoms with Gasteiger partial charge < -0.3 is 20.1 Å². The first kappa shape index (κ1) is 18.5. The van der Waals surface area contributed by atoms with Gasteiger partial charge in [-0.05, 0) is 49.2 Å². The zero-order chi connectivity index (χ0) is 19.1. The van der Waals surface area contributed by atoms with Crippen LogP contribution in [-0.2, 0) is 6.42 Å². The molecule has 2 aromatic carbocycles. The quantitative estimate of drug-likeness (QED) is 0.624. The first-order valence-corrected chi connectivity index (χ1v) is 8.80. The molecular formula is C21H24N4O2. The van der Waals surface area contributed by atoms with Crippen LogP contribution in [0.1, 0.15) is 11.4 Å². The Morgan fingerprint density at radius 3 is 2.37 bits per heavy atom. The first-order chi connectivity index (χ1) is 13.2. The topological polar surface area (TPSA) is 68.3 Å². The normalized spacial score (nSPS) is 10.3. The van der Waals surface area contributed by atoms with Gasteiger partial charge in [-0.15, -0.1) is 0 Å². The van der Waals surface area contributed by atoms with Crippen molar-refractivity contribution < 1.29 is 9.47 Å². The van der Waals surface area contributed by atoms with Crippen LogP contribution in [0, 0.1) is 6.92 Å². The summed E-state index contributed by atoms with van der Waals surface area (Å²) in [6.45, 7) is 2.63. The van der Waals surface area contributed by atoms with Crippen LogP contribution in [0.15, 0.2) is 54.6 Å². The third-order valence-electron chi connectivity index (χ3n) is 4.09. The number of aromatic nitrogens is 2. The van der Waals surface area contributed by atoms with Crippen LogP contribution >= 0.6 is 0 Å². The monoisotopic (exact) mass is 364 g/mol. The molecule has 0 atom stereocenters. The molecule has 0 spiro atoms. The molecule has 3 aromatic rings. The van der Waals surface area contributed by atoms with Gasteiger partial charge in [0.1, 0.15) is 29.0 Å². The fourth-order valence-corrected chi connectivity index (χ4v) is 2.78. The number of ether oxygens (including phenoxy) is 2. The number of rotatable bonds is 8. The third-order valence-corrected chi connectivity index (χ3v) is 4.09. The van der Waals surface area contributed by atoms with Crippen molar-refractivity contribution in [2.24, 2.45) is 0 Å². The fraction of sp³-hybridized carbons (Fsp3) is 0.238. The molecule has 1 aromatic heterocycles. The average Bonchev–Trinajstić information content (AvgIpc) is 2.68. The minimum Gasteiger partial charge on any atom is -0.497 e. The largest absolute Gasteiger partial charge is 0.497 e. The molecule has 0 aliphatic rings. The average molecular weight is 364 g/mol. The molecular weight excluding hydrogens is 340 g/mol. The van der Waals surface area contributed by atoms with Gasteiger partial charge in [-0.2, -0.15) is 0 Å². The number of anilines is 3. The highest BCUT2D eigenvalue weighted by atomic mass is 16.5. The van der Waals surface area contributed by atoms with Crippen molar-refractivity contribution in [3.8, 4) is 11.5 Å². The summed E-state index contributed by atoms with van der Waals surface area (Å²) in [6.07, 6.45) is 0.842. The van der Waals surface area contributed by atoms with Gasteiger partial charge in [-0.3, -0.25) is 0 Å². The maximum absolute atomic E-state index is 5.40. The summed E-state index contributed by atoms with van der Waals surface area (Å²) < 4.78 is 10.6. The number of methoxy groups -OCH3 is 2. The predicted octanol–water partition coefficient (Wildman–Crippen LogP) is 4.20. The van der Waals surface area contributed by atoms with Crippen molar-refractivity contribution in [3.05, 3.63) is 66.0 Å². The van der Waals surface area contributed by atoms with E-state index in [1.165, 1.54) is 0 Å². The van der Waals surface area contributed by atoms with Gasteiger partial charge in [0.05, 0.1) is 14.2 Å². The highest BCUT2D eigenvalue weighted by Crippen LogP contribution is 2.21. The second-order valence-electron chi connectivity index (χ2n) is 6.03. The van der Waals surface area contributed by atoms with Crippen LogP contribution in [0.5, 0.6) is 11.5 Å². The molecule has 3 rings (SSSR count). The van der Waals surface area contributed by atoms with E-state index in [9.17, 15) is 0 Å². The maximum atomic E-state index is 5.40. The Bertz CT molecular complexity index is 882. The molecule has 0 fully saturated rings. The SMILES string of the molecule is COc1ccc(Nc2cc(NCCc3ccccc3OC)nc(C)n2)cc1. The van der Waals surface area contributed by atoms with Crippen LogP contribution in [0.25, 0.3) is 0 Å². The van der Waals surface area contributed by atoms with Gasteiger partial charge in [0.15, 0.2) is 0 Å². The molecule has 0 amide bonds. The number of aryl methyl sites for hydroxylation is 1. The smallest absolute Gasteiger partial charge is 0.136 e. The van der Waals surface area contributed by atoms with Crippen molar-refractivity contribution in [2.75, 3.05) is 31.4 Å². The Morgan fingerprint density at radius 2 is 1.63 bits per heavy atom. The Morgan fingerprint density at radius 1 is 0.889 bits per heavy atom. The minimum absolute atomic E-state index is 0.702. The lowest BCUT2D eigenvalue weighted by molar-refractivity contribution is 0.410. The van der Waals surface area contributed by atoms with Gasteiger partial charge in [-0.1, -0.05) is 18.2 Å². The summed E-state index contributed by atoms with van der Waals surface area (Å²) in [7, 11) is 3.34. The lowest BCUT2D eigenvalue weighted by Gasteiger charge is -2.12. The van der Waals surface area contributed by atoms with E-state index >= 15 is 0 Å². The van der Waals surface area contributed by atoms with Gasteiger partial charge in [0.2, 0.25) is 0 Å². The van der Waals surface area contributed by atoms with Crippen LogP contribution < -0.4 is 20.1 Å². The molecule has 140 valence electrons. The van der Waals surface area contributed by atoms with E-state index in [2.05, 4.69) is 26.7 Å². The maximum Gasteiger partial charge on any atom is 0.136 e. The fourth-order valence-electron chi connectivity index (χ4n) is 2.78. The van der Waals surface area contributed by atoms with E-state index in [-0.39, 0.29) is 0 Å². The highest BCUT2D eigenvalue weighted by Gasteiger charge is 2.05. The van der Waals surface area contributed by atoms with Crippen LogP contribution in [-0.4, -0.2) is 30.7 Å². The number of nitrogens with one attached hydrogen (secondary N) is 2. The van der Waals surface area contributed by atoms with Crippen molar-refractivity contribution in [3.63, 3.8) is 0 Å². The summed E-state index contributed by atoms with van der Waals surface area (Å²) in [5.74, 6) is 3.95. The van der Waals surface area contributed by atoms with Gasteiger partial charge in [0, 0.05) is 18.3 Å². The minimum atomic E-state index is 0.702. The number of para-hydroxylation sites is 1. The van der Waals surface area contributed by atoms with E-state index in [1.807, 2.05) is 55.5 Å². The van der Waals surface area contributed by atoms with E-state index in [4.69, 9.17) is 9.47 Å². The van der Waals surface area contributed by atoms with Crippen molar-refractivity contribution in [1.29, 1.82) is 0 Å². The molecule has 0 saturated carbocycles. The molecule has 0 radical (unpaired) electrons. The number of hydrogen-bond donors (Lipinski definition) is 2. The second kappa shape index (κ2) is 8.89. The van der Waals surface area contributed by atoms with E-state index < -0.39 is 0 Å². The summed E-state index contributed by atoms with van der Waals surface area (Å²) in [4.78, 5) is 8.91. The molecule has 0 bridgehead atoms. The van der Waals surface area contributed by atoms with Gasteiger partial charge in [-0.25, -0.2) is 9.97 Å². The Balaban J connectivity index is 1.64. The second-order valence-corrected chi connectivity index (χ2v) is 6.03. The molecule has 6 heteroatoms. The third kappa shape index (κ3) is 5.10. The number of benzene rings is 2. The summed E-state index contributed by atoms with van der Waals surface area (Å²) in [5, 5.41) is 6.66. The zero-order valence-corrected chi connectivity index (χ0v) is 15.8. The molecule has 2 N–H and O–H groups in total. The van der Waals surface area contributed by atoms with E-state index in [0.29, 0.717) is 5.82 Å². The number of hydrogen-bond acceptors (Lipinski definition) is 6. The van der Waals surface area contributed by atoms with Crippen molar-refractivity contribution >= 4 is 17.3 Å². The Kier molecular flexibility index (Phi) is 6.10.